The van der Waals surface area contributed by atoms with Crippen molar-refractivity contribution in [3.8, 4) is 17.2 Å². The number of likely N-dealkylation sites (tertiary alicyclic amines) is 1. The Morgan fingerprint density at radius 1 is 0.967 bits per heavy atom. The molecule has 0 saturated carbocycles. The zero-order chi connectivity index (χ0) is 43.6. The summed E-state index contributed by atoms with van der Waals surface area (Å²) in [6.45, 7) is 8.60. The molecule has 3 heterocycles. The van der Waals surface area contributed by atoms with Crippen molar-refractivity contribution >= 4 is 35.6 Å². The standard InChI is InChI=1S/C43H54N4O13/c1-8-42(2,3)36(48)38(50)47-21-10-9-14-30(47)39(51)57-31(17-15-27-16-18-32(54-6)33(24-27)55-7)28-12-11-13-29(25-28)56-23-20-45-37(49)34-35(60-43(4,5)59-34)40(52)58-41(53)46-22-19-44-26-46/h11-13,16,18-19,22,24-26,30-31,34-35H,8-10,14-15,17,20-21,23H2,1-7H3,(H,45,49)/t30-,31+,34?,35?/m0/s1. The first-order valence-corrected chi connectivity index (χ1v) is 19.9. The van der Waals surface area contributed by atoms with Crippen molar-refractivity contribution in [3.05, 3.63) is 72.3 Å². The summed E-state index contributed by atoms with van der Waals surface area (Å²) in [6.07, 6.45) is 2.07. The molecule has 5 rings (SSSR count). The van der Waals surface area contributed by atoms with Crippen molar-refractivity contribution in [1.82, 2.24) is 19.8 Å². The van der Waals surface area contributed by atoms with E-state index in [2.05, 4.69) is 10.3 Å². The maximum Gasteiger partial charge on any atom is 0.427 e. The molecular weight excluding hydrogens is 780 g/mol. The Balaban J connectivity index is 1.26. The first kappa shape index (κ1) is 45.3. The van der Waals surface area contributed by atoms with Gasteiger partial charge in [0.05, 0.1) is 20.8 Å². The number of carbonyl (C=O) groups excluding carboxylic acids is 6. The fourth-order valence-corrected chi connectivity index (χ4v) is 6.78. The number of aryl methyl sites for hydroxylation is 1. The highest BCUT2D eigenvalue weighted by Crippen LogP contribution is 2.33. The number of rotatable bonds is 17. The molecule has 0 spiro atoms. The minimum atomic E-state index is -1.52. The van der Waals surface area contributed by atoms with Crippen LogP contribution in [0.2, 0.25) is 0 Å². The number of Topliss-reactive ketones (excluding diaryl/α,β-unsaturated/α-hetero) is 1. The number of esters is 2. The molecule has 1 aromatic heterocycles. The Labute approximate surface area is 348 Å². The third-order valence-electron chi connectivity index (χ3n) is 10.5. The average molecular weight is 835 g/mol. The number of hydrogen-bond donors (Lipinski definition) is 1. The van der Waals surface area contributed by atoms with E-state index < -0.39 is 71.2 Å². The summed E-state index contributed by atoms with van der Waals surface area (Å²) < 4.78 is 40.2. The summed E-state index contributed by atoms with van der Waals surface area (Å²) in [5.74, 6) is -3.41. The van der Waals surface area contributed by atoms with Gasteiger partial charge < -0.3 is 43.4 Å². The molecule has 1 N–H and O–H groups in total. The average Bonchev–Trinajstić information content (AvgIpc) is 3.91. The number of piperidine rings is 1. The lowest BCUT2D eigenvalue weighted by Crippen LogP contribution is -2.53. The highest BCUT2D eigenvalue weighted by Gasteiger charge is 2.50. The lowest BCUT2D eigenvalue weighted by Gasteiger charge is -2.36. The van der Waals surface area contributed by atoms with Crippen LogP contribution in [0.3, 0.4) is 0 Å². The quantitative estimate of drug-likeness (QED) is 0.0847. The number of ether oxygens (including phenoxy) is 7. The Morgan fingerprint density at radius 2 is 1.72 bits per heavy atom. The maximum absolute atomic E-state index is 14.0. The topological polar surface area (TPSA) is 200 Å². The molecule has 2 aliphatic heterocycles. The van der Waals surface area contributed by atoms with Crippen LogP contribution in [0.15, 0.2) is 61.2 Å². The van der Waals surface area contributed by atoms with Gasteiger partial charge in [0.25, 0.3) is 11.8 Å². The highest BCUT2D eigenvalue weighted by molar-refractivity contribution is 6.38. The molecular formula is C43H54N4O13. The highest BCUT2D eigenvalue weighted by atomic mass is 16.8. The van der Waals surface area contributed by atoms with Gasteiger partial charge in [0.1, 0.15) is 30.8 Å². The molecule has 17 heteroatoms. The summed E-state index contributed by atoms with van der Waals surface area (Å²) in [7, 11) is 3.10. The van der Waals surface area contributed by atoms with Crippen LogP contribution in [0.4, 0.5) is 4.79 Å². The van der Waals surface area contributed by atoms with E-state index in [1.54, 1.807) is 58.4 Å². The molecule has 0 aliphatic carbocycles. The van der Waals surface area contributed by atoms with Gasteiger partial charge in [-0.2, -0.15) is 0 Å². The number of carbonyl (C=O) groups is 6. The fourth-order valence-electron chi connectivity index (χ4n) is 6.78. The van der Waals surface area contributed by atoms with E-state index in [9.17, 15) is 28.8 Å². The van der Waals surface area contributed by atoms with Gasteiger partial charge >= 0.3 is 18.0 Å². The number of aromatic nitrogens is 2. The van der Waals surface area contributed by atoms with E-state index in [1.807, 2.05) is 19.1 Å². The molecule has 2 amide bonds. The van der Waals surface area contributed by atoms with Crippen LogP contribution in [-0.4, -0.2) is 108 Å². The van der Waals surface area contributed by atoms with Crippen LogP contribution < -0.4 is 19.5 Å². The smallest absolute Gasteiger partial charge is 0.427 e. The molecule has 60 heavy (non-hydrogen) atoms. The van der Waals surface area contributed by atoms with Gasteiger partial charge in [0.2, 0.25) is 5.78 Å². The molecule has 324 valence electrons. The maximum atomic E-state index is 14.0. The van der Waals surface area contributed by atoms with Crippen LogP contribution in [-0.2, 0) is 49.3 Å². The van der Waals surface area contributed by atoms with E-state index in [-0.39, 0.29) is 19.7 Å². The Morgan fingerprint density at radius 3 is 2.42 bits per heavy atom. The van der Waals surface area contributed by atoms with Crippen molar-refractivity contribution in [1.29, 1.82) is 0 Å². The van der Waals surface area contributed by atoms with Gasteiger partial charge in [-0.1, -0.05) is 39.0 Å². The van der Waals surface area contributed by atoms with Gasteiger partial charge in [-0.3, -0.25) is 14.4 Å². The normalized spacial score (nSPS) is 19.1. The van der Waals surface area contributed by atoms with E-state index in [1.165, 1.54) is 31.1 Å². The van der Waals surface area contributed by atoms with Crippen LogP contribution in [0.5, 0.6) is 17.2 Å². The fraction of sp³-hybridized carbons (Fsp3) is 0.512. The first-order valence-electron chi connectivity index (χ1n) is 19.9. The van der Waals surface area contributed by atoms with Crippen LogP contribution in [0.1, 0.15) is 84.0 Å². The van der Waals surface area contributed by atoms with E-state index in [4.69, 9.17) is 33.2 Å². The molecule has 2 aliphatic rings. The van der Waals surface area contributed by atoms with Crippen LogP contribution in [0, 0.1) is 5.41 Å². The third-order valence-corrected chi connectivity index (χ3v) is 10.5. The van der Waals surface area contributed by atoms with Crippen molar-refractivity contribution in [2.75, 3.05) is 33.9 Å². The number of methoxy groups -OCH3 is 2. The first-order chi connectivity index (χ1) is 28.6. The Kier molecular flexibility index (Phi) is 15.1. The molecule has 0 bridgehead atoms. The SMILES string of the molecule is CCC(C)(C)C(=O)C(=O)N1CCCC[C@H]1C(=O)O[C@H](CCc1ccc(OC)c(OC)c1)c1cccc(OCCNC(=O)C2OC(C)(C)OC2C(=O)OC(=O)n2ccnc2)c1. The van der Waals surface area contributed by atoms with Crippen molar-refractivity contribution in [3.63, 3.8) is 0 Å². The predicted octanol–water partition coefficient (Wildman–Crippen LogP) is 4.73. The van der Waals surface area contributed by atoms with Gasteiger partial charge in [-0.15, -0.1) is 0 Å². The van der Waals surface area contributed by atoms with E-state index >= 15 is 0 Å². The molecule has 0 radical (unpaired) electrons. The minimum Gasteiger partial charge on any atom is -0.493 e. The van der Waals surface area contributed by atoms with Gasteiger partial charge in [-0.05, 0) is 87.8 Å². The lowest BCUT2D eigenvalue weighted by atomic mass is 9.84. The van der Waals surface area contributed by atoms with Crippen molar-refractivity contribution < 1.29 is 61.9 Å². The van der Waals surface area contributed by atoms with Gasteiger partial charge in [-0.25, -0.2) is 23.9 Å². The second kappa shape index (κ2) is 20.0. The summed E-state index contributed by atoms with van der Waals surface area (Å²) in [4.78, 5) is 84.2. The Bertz CT molecular complexity index is 2010. The molecule has 2 saturated heterocycles. The van der Waals surface area contributed by atoms with Crippen LogP contribution in [0.25, 0.3) is 0 Å². The summed E-state index contributed by atoms with van der Waals surface area (Å²) >= 11 is 0. The van der Waals surface area contributed by atoms with Crippen LogP contribution >= 0.6 is 0 Å². The van der Waals surface area contributed by atoms with Crippen molar-refractivity contribution in [2.24, 2.45) is 5.41 Å². The lowest BCUT2D eigenvalue weighted by molar-refractivity contribution is -0.166. The Hall–Kier alpha value is -5.81. The van der Waals surface area contributed by atoms with Gasteiger partial charge in [0, 0.05) is 24.4 Å². The van der Waals surface area contributed by atoms with E-state index in [0.717, 1.165) is 16.5 Å². The zero-order valence-electron chi connectivity index (χ0n) is 35.1. The minimum absolute atomic E-state index is 0.00221. The summed E-state index contributed by atoms with van der Waals surface area (Å²) in [5, 5.41) is 2.67. The number of benzene rings is 2. The number of nitrogens with one attached hydrogen (secondary N) is 1. The second-order valence-electron chi connectivity index (χ2n) is 15.6. The number of ketones is 1. The molecule has 2 aromatic carbocycles. The molecule has 3 aromatic rings. The zero-order valence-corrected chi connectivity index (χ0v) is 35.1. The second-order valence-corrected chi connectivity index (χ2v) is 15.6. The number of imidazole rings is 1. The monoisotopic (exact) mass is 834 g/mol. The van der Waals surface area contributed by atoms with Gasteiger partial charge in [0.15, 0.2) is 29.5 Å². The third kappa shape index (κ3) is 11.3. The molecule has 17 nitrogen and oxygen atoms in total. The van der Waals surface area contributed by atoms with Crippen molar-refractivity contribution in [2.45, 2.75) is 103 Å². The van der Waals surface area contributed by atoms with E-state index in [0.29, 0.717) is 61.3 Å². The summed E-state index contributed by atoms with van der Waals surface area (Å²) in [5.41, 5.74) is 0.648. The molecule has 2 fully saturated rings. The number of hydrogen-bond acceptors (Lipinski definition) is 14. The number of amides is 2. The molecule has 4 atom stereocenters. The number of nitrogens with zero attached hydrogens (tertiary/aromatic N) is 3. The molecule has 2 unspecified atom stereocenters. The largest absolute Gasteiger partial charge is 0.493 e. The summed E-state index contributed by atoms with van der Waals surface area (Å²) in [6, 6.07) is 11.6. The predicted molar refractivity (Wildman–Crippen MR) is 213 cm³/mol.